The van der Waals surface area contributed by atoms with Crippen molar-refractivity contribution in [3.63, 3.8) is 0 Å². The average Bonchev–Trinajstić information content (AvgIpc) is 3.32. The molecule has 1 aromatic carbocycles. The third-order valence-corrected chi connectivity index (χ3v) is 6.26. The zero-order chi connectivity index (χ0) is 24.5. The summed E-state index contributed by atoms with van der Waals surface area (Å²) in [6.45, 7) is 10.5. The largest absolute Gasteiger partial charge is 0.489 e. The molecule has 0 saturated heterocycles. The molecule has 0 bridgehead atoms. The summed E-state index contributed by atoms with van der Waals surface area (Å²) in [6, 6.07) is 6.96. The number of rotatable bonds is 5. The topological polar surface area (TPSA) is 107 Å². The van der Waals surface area contributed by atoms with Gasteiger partial charge in [-0.05, 0) is 52.8 Å². The minimum Gasteiger partial charge on any atom is -0.489 e. The van der Waals surface area contributed by atoms with Crippen molar-refractivity contribution in [3.8, 4) is 5.75 Å². The van der Waals surface area contributed by atoms with Crippen LogP contribution in [0.5, 0.6) is 5.75 Å². The van der Waals surface area contributed by atoms with Gasteiger partial charge in [0, 0.05) is 23.4 Å². The molecule has 1 aliphatic heterocycles. The van der Waals surface area contributed by atoms with Gasteiger partial charge < -0.3 is 18.9 Å². The van der Waals surface area contributed by atoms with Gasteiger partial charge in [-0.15, -0.1) is 0 Å². The van der Waals surface area contributed by atoms with Crippen LogP contribution in [0.15, 0.2) is 28.8 Å². The van der Waals surface area contributed by atoms with Crippen molar-refractivity contribution in [2.45, 2.75) is 59.8 Å². The summed E-state index contributed by atoms with van der Waals surface area (Å²) in [4.78, 5) is 32.4. The molecule has 3 heterocycles. The molecule has 2 amide bonds. The second kappa shape index (κ2) is 9.46. The molecule has 34 heavy (non-hydrogen) atoms. The highest BCUT2D eigenvalue weighted by molar-refractivity contribution is 7.15. The fourth-order valence-corrected chi connectivity index (χ4v) is 4.51. The number of ether oxygens (including phenoxy) is 2. The number of aromatic nitrogens is 2. The molecule has 0 saturated carbocycles. The lowest BCUT2D eigenvalue weighted by molar-refractivity contribution is 0.0225. The highest BCUT2D eigenvalue weighted by Gasteiger charge is 2.28. The third-order valence-electron chi connectivity index (χ3n) is 5.26. The summed E-state index contributed by atoms with van der Waals surface area (Å²) < 4.78 is 16.5. The first-order valence-corrected chi connectivity index (χ1v) is 11.8. The monoisotopic (exact) mass is 484 g/mol. The number of nitrogens with one attached hydrogen (secondary N) is 1. The number of hydrogen-bond donors (Lipinski definition) is 1. The van der Waals surface area contributed by atoms with Gasteiger partial charge in [0.1, 0.15) is 23.7 Å². The van der Waals surface area contributed by atoms with E-state index in [0.29, 0.717) is 48.3 Å². The molecule has 2 aromatic heterocycles. The van der Waals surface area contributed by atoms with Crippen molar-refractivity contribution >= 4 is 28.5 Å². The maximum atomic E-state index is 12.8. The van der Waals surface area contributed by atoms with Crippen molar-refractivity contribution < 1.29 is 23.6 Å². The van der Waals surface area contributed by atoms with Crippen LogP contribution >= 0.6 is 11.3 Å². The number of aryl methyl sites for hydroxylation is 2. The quantitative estimate of drug-likeness (QED) is 0.550. The van der Waals surface area contributed by atoms with E-state index < -0.39 is 5.60 Å². The Bertz CT molecular complexity index is 1190. The second-order valence-electron chi connectivity index (χ2n) is 9.11. The number of nitrogens with zero attached hydrogens (tertiary/aromatic N) is 3. The van der Waals surface area contributed by atoms with Gasteiger partial charge in [0.15, 0.2) is 5.13 Å². The van der Waals surface area contributed by atoms with Crippen molar-refractivity contribution in [1.82, 2.24) is 15.0 Å². The van der Waals surface area contributed by atoms with E-state index in [9.17, 15) is 9.59 Å². The smallest absolute Gasteiger partial charge is 0.410 e. The summed E-state index contributed by atoms with van der Waals surface area (Å²) in [5.74, 6) is 1.00. The van der Waals surface area contributed by atoms with E-state index >= 15 is 0 Å². The molecule has 1 aliphatic rings. The Morgan fingerprint density at radius 3 is 2.76 bits per heavy atom. The minimum atomic E-state index is -0.546. The molecule has 0 spiro atoms. The van der Waals surface area contributed by atoms with Crippen LogP contribution in [0.3, 0.4) is 0 Å². The van der Waals surface area contributed by atoms with Crippen molar-refractivity contribution in [1.29, 1.82) is 0 Å². The van der Waals surface area contributed by atoms with Crippen LogP contribution in [0, 0.1) is 13.8 Å². The van der Waals surface area contributed by atoms with Gasteiger partial charge in [0.2, 0.25) is 0 Å². The predicted octanol–water partition coefficient (Wildman–Crippen LogP) is 4.87. The van der Waals surface area contributed by atoms with E-state index in [0.717, 1.165) is 21.8 Å². The van der Waals surface area contributed by atoms with Gasteiger partial charge >= 0.3 is 6.09 Å². The molecule has 0 radical (unpaired) electrons. The molecule has 9 nitrogen and oxygen atoms in total. The van der Waals surface area contributed by atoms with Crippen LogP contribution in [0.1, 0.15) is 58.7 Å². The number of fused-ring (bicyclic) bond motifs is 1. The van der Waals surface area contributed by atoms with Crippen LogP contribution in [-0.2, 0) is 24.3 Å². The molecule has 0 aliphatic carbocycles. The number of anilines is 1. The molecule has 0 unspecified atom stereocenters. The minimum absolute atomic E-state index is 0.280. The Kier molecular flexibility index (Phi) is 6.60. The first kappa shape index (κ1) is 23.7. The van der Waals surface area contributed by atoms with Crippen LogP contribution in [0.2, 0.25) is 0 Å². The number of carbonyl (C=O) groups is 2. The van der Waals surface area contributed by atoms with Crippen molar-refractivity contribution in [3.05, 3.63) is 57.4 Å². The molecule has 4 rings (SSSR count). The zero-order valence-corrected chi connectivity index (χ0v) is 20.7. The number of thiazole rings is 1. The van der Waals surface area contributed by atoms with Crippen LogP contribution in [-0.4, -0.2) is 39.2 Å². The maximum absolute atomic E-state index is 12.8. The van der Waals surface area contributed by atoms with E-state index in [1.165, 1.54) is 11.3 Å². The van der Waals surface area contributed by atoms with Crippen LogP contribution in [0.4, 0.5) is 9.93 Å². The Hall–Kier alpha value is -3.40. The number of hydrogen-bond acceptors (Lipinski definition) is 8. The van der Waals surface area contributed by atoms with Crippen LogP contribution < -0.4 is 10.1 Å². The Labute approximate surface area is 202 Å². The highest BCUT2D eigenvalue weighted by Crippen LogP contribution is 2.29. The maximum Gasteiger partial charge on any atom is 0.410 e. The molecule has 0 atom stereocenters. The fraction of sp³-hybridized carbons (Fsp3) is 0.417. The van der Waals surface area contributed by atoms with E-state index in [2.05, 4.69) is 15.5 Å². The summed E-state index contributed by atoms with van der Waals surface area (Å²) in [6.07, 6.45) is 0.275. The molecule has 10 heteroatoms. The normalized spacial score (nSPS) is 13.4. The molecular weight excluding hydrogens is 456 g/mol. The first-order valence-electron chi connectivity index (χ1n) is 11.0. The van der Waals surface area contributed by atoms with E-state index in [4.69, 9.17) is 14.0 Å². The van der Waals surface area contributed by atoms with Gasteiger partial charge in [-0.3, -0.25) is 10.1 Å². The standard InChI is InChI=1S/C24H28N4O5S/c1-14-18(15(2)33-27-14)13-31-17-8-6-7-16(11-17)21(29)26-22-25-19-9-10-28(12-20(19)34-22)23(30)32-24(3,4)5/h6-8,11H,9-10,12-13H2,1-5H3,(H,25,26,29). The summed E-state index contributed by atoms with van der Waals surface area (Å²) in [7, 11) is 0. The molecule has 3 aromatic rings. The predicted molar refractivity (Wildman–Crippen MR) is 127 cm³/mol. The lowest BCUT2D eigenvalue weighted by Gasteiger charge is -2.29. The number of carbonyl (C=O) groups excluding carboxylic acids is 2. The van der Waals surface area contributed by atoms with E-state index in [1.807, 2.05) is 34.6 Å². The first-order chi connectivity index (χ1) is 16.1. The van der Waals surface area contributed by atoms with Crippen LogP contribution in [0.25, 0.3) is 0 Å². The Morgan fingerprint density at radius 2 is 2.06 bits per heavy atom. The number of benzene rings is 1. The second-order valence-corrected chi connectivity index (χ2v) is 10.2. The van der Waals surface area contributed by atoms with Gasteiger partial charge in [0.25, 0.3) is 5.91 Å². The SMILES string of the molecule is Cc1noc(C)c1COc1cccc(C(=O)Nc2nc3c(s2)CN(C(=O)OC(C)(C)C)CC3)c1. The lowest BCUT2D eigenvalue weighted by atomic mass is 10.2. The highest BCUT2D eigenvalue weighted by atomic mass is 32.1. The zero-order valence-electron chi connectivity index (χ0n) is 19.9. The van der Waals surface area contributed by atoms with Gasteiger partial charge in [-0.25, -0.2) is 9.78 Å². The molecular formula is C24H28N4O5S. The van der Waals surface area contributed by atoms with E-state index in [-0.39, 0.29) is 12.0 Å². The molecule has 1 N–H and O–H groups in total. The summed E-state index contributed by atoms with van der Waals surface area (Å²) >= 11 is 1.37. The Morgan fingerprint density at radius 1 is 1.26 bits per heavy atom. The number of amides is 2. The van der Waals surface area contributed by atoms with Gasteiger partial charge in [-0.2, -0.15) is 0 Å². The summed E-state index contributed by atoms with van der Waals surface area (Å²) in [5.41, 5.74) is 2.49. The Balaban J connectivity index is 1.38. The van der Waals surface area contributed by atoms with E-state index in [1.54, 1.807) is 29.2 Å². The molecule has 0 fully saturated rings. The van der Waals surface area contributed by atoms with Gasteiger partial charge in [0.05, 0.1) is 23.5 Å². The van der Waals surface area contributed by atoms with Gasteiger partial charge in [-0.1, -0.05) is 22.6 Å². The third kappa shape index (κ3) is 5.56. The summed E-state index contributed by atoms with van der Waals surface area (Å²) in [5, 5.41) is 7.29. The van der Waals surface area contributed by atoms with Crippen molar-refractivity contribution in [2.24, 2.45) is 0 Å². The lowest BCUT2D eigenvalue weighted by Crippen LogP contribution is -2.39. The fourth-order valence-electron chi connectivity index (χ4n) is 3.49. The average molecular weight is 485 g/mol. The molecule has 180 valence electrons. The van der Waals surface area contributed by atoms with Crippen molar-refractivity contribution in [2.75, 3.05) is 11.9 Å².